The van der Waals surface area contributed by atoms with Gasteiger partial charge in [0.05, 0.1) is 6.04 Å². The van der Waals surface area contributed by atoms with Gasteiger partial charge in [-0.3, -0.25) is 0 Å². The minimum absolute atomic E-state index is 0.353. The van der Waals surface area contributed by atoms with Crippen LogP contribution in [-0.4, -0.2) is 20.2 Å². The Kier molecular flexibility index (Phi) is 3.30. The van der Waals surface area contributed by atoms with Crippen LogP contribution in [0.3, 0.4) is 0 Å². The Labute approximate surface area is 118 Å². The highest BCUT2D eigenvalue weighted by atomic mass is 15.6. The number of nitrogens with two attached hydrogens (primary N) is 2. The molecule has 3 rings (SSSR count). The predicted molar refractivity (Wildman–Crippen MR) is 78.7 cm³/mol. The van der Waals surface area contributed by atoms with Crippen molar-refractivity contribution in [1.29, 1.82) is 0 Å². The first-order valence-electron chi connectivity index (χ1n) is 7.10. The molecule has 0 spiro atoms. The highest BCUT2D eigenvalue weighted by Gasteiger charge is 2.27. The monoisotopic (exact) mass is 272 g/mol. The van der Waals surface area contributed by atoms with E-state index in [-0.39, 0.29) is 0 Å². The summed E-state index contributed by atoms with van der Waals surface area (Å²) in [5.41, 5.74) is 13.9. The molecule has 1 aromatic heterocycles. The molecule has 1 saturated carbocycles. The zero-order valence-corrected chi connectivity index (χ0v) is 11.7. The van der Waals surface area contributed by atoms with E-state index in [1.807, 2.05) is 16.8 Å². The summed E-state index contributed by atoms with van der Waals surface area (Å²) in [6.07, 6.45) is 4.86. The predicted octanol–water partition coefficient (Wildman–Crippen LogP) is 2.26. The summed E-state index contributed by atoms with van der Waals surface area (Å²) >= 11 is 0. The van der Waals surface area contributed by atoms with Crippen LogP contribution in [-0.2, 0) is 0 Å². The Balaban J connectivity index is 2.01. The van der Waals surface area contributed by atoms with Crippen LogP contribution in [0.25, 0.3) is 11.4 Å². The second-order valence-electron chi connectivity index (χ2n) is 5.62. The van der Waals surface area contributed by atoms with Gasteiger partial charge in [0.2, 0.25) is 0 Å². The number of benzene rings is 1. The molecule has 2 aromatic rings. The highest BCUT2D eigenvalue weighted by Crippen LogP contribution is 2.36. The molecule has 0 bridgehead atoms. The lowest BCUT2D eigenvalue weighted by Gasteiger charge is -2.29. The van der Waals surface area contributed by atoms with E-state index in [1.165, 1.54) is 19.3 Å². The number of nitrogens with zero attached hydrogens (tertiary/aromatic N) is 4. The fourth-order valence-electron chi connectivity index (χ4n) is 3.04. The van der Waals surface area contributed by atoms with Gasteiger partial charge in [0.25, 0.3) is 0 Å². The van der Waals surface area contributed by atoms with Gasteiger partial charge >= 0.3 is 0 Å². The molecule has 2 unspecified atom stereocenters. The SMILES string of the molecule is CC1CCCCC1n1nnnc1-c1ccc(N)cc1N. The van der Waals surface area contributed by atoms with Crippen LogP contribution in [0.15, 0.2) is 18.2 Å². The maximum atomic E-state index is 6.06. The third-order valence-electron chi connectivity index (χ3n) is 4.19. The summed E-state index contributed by atoms with van der Waals surface area (Å²) in [6, 6.07) is 5.82. The van der Waals surface area contributed by atoms with E-state index in [4.69, 9.17) is 11.5 Å². The molecular formula is C14H20N6. The Morgan fingerprint density at radius 1 is 1.20 bits per heavy atom. The largest absolute Gasteiger partial charge is 0.399 e. The highest BCUT2D eigenvalue weighted by molar-refractivity contribution is 5.74. The minimum Gasteiger partial charge on any atom is -0.399 e. The standard InChI is InChI=1S/C14H20N6/c1-9-4-2-3-5-13(9)20-14(17-18-19-20)11-7-6-10(15)8-12(11)16/h6-9,13H,2-5,15-16H2,1H3. The first kappa shape index (κ1) is 12.9. The molecule has 106 valence electrons. The zero-order chi connectivity index (χ0) is 14.1. The fraction of sp³-hybridized carbons (Fsp3) is 0.500. The maximum Gasteiger partial charge on any atom is 0.184 e. The van der Waals surface area contributed by atoms with Gasteiger partial charge in [-0.15, -0.1) is 5.10 Å². The molecular weight excluding hydrogens is 252 g/mol. The Hall–Kier alpha value is -2.11. The molecule has 20 heavy (non-hydrogen) atoms. The van der Waals surface area contributed by atoms with Crippen LogP contribution in [0.5, 0.6) is 0 Å². The van der Waals surface area contributed by atoms with E-state index in [2.05, 4.69) is 22.4 Å². The Bertz CT molecular complexity index is 605. The lowest BCUT2D eigenvalue weighted by atomic mass is 9.86. The van der Waals surface area contributed by atoms with Crippen molar-refractivity contribution in [3.05, 3.63) is 18.2 Å². The topological polar surface area (TPSA) is 95.6 Å². The number of anilines is 2. The van der Waals surface area contributed by atoms with E-state index in [0.29, 0.717) is 23.3 Å². The summed E-state index contributed by atoms with van der Waals surface area (Å²) in [5, 5.41) is 12.2. The summed E-state index contributed by atoms with van der Waals surface area (Å²) in [6.45, 7) is 2.27. The first-order valence-corrected chi connectivity index (χ1v) is 7.10. The number of rotatable bonds is 2. The molecule has 0 saturated heterocycles. The quantitative estimate of drug-likeness (QED) is 0.817. The van der Waals surface area contributed by atoms with Crippen molar-refractivity contribution in [2.24, 2.45) is 5.92 Å². The molecule has 4 N–H and O–H groups in total. The van der Waals surface area contributed by atoms with Crippen molar-refractivity contribution >= 4 is 11.4 Å². The van der Waals surface area contributed by atoms with Gasteiger partial charge in [-0.1, -0.05) is 19.8 Å². The first-order chi connectivity index (χ1) is 9.66. The van der Waals surface area contributed by atoms with E-state index in [1.54, 1.807) is 6.07 Å². The number of tetrazole rings is 1. The second-order valence-corrected chi connectivity index (χ2v) is 5.62. The molecule has 1 fully saturated rings. The summed E-state index contributed by atoms with van der Waals surface area (Å²) in [7, 11) is 0. The van der Waals surface area contributed by atoms with E-state index < -0.39 is 0 Å². The van der Waals surface area contributed by atoms with Crippen LogP contribution in [0.4, 0.5) is 11.4 Å². The average Bonchev–Trinajstić information content (AvgIpc) is 2.88. The molecule has 0 aliphatic heterocycles. The van der Waals surface area contributed by atoms with E-state index in [9.17, 15) is 0 Å². The third kappa shape index (κ3) is 2.21. The Morgan fingerprint density at radius 2 is 2.00 bits per heavy atom. The molecule has 1 aliphatic carbocycles. The lowest BCUT2D eigenvalue weighted by Crippen LogP contribution is -2.23. The van der Waals surface area contributed by atoms with Crippen molar-refractivity contribution in [2.75, 3.05) is 11.5 Å². The van der Waals surface area contributed by atoms with Crippen molar-refractivity contribution < 1.29 is 0 Å². The van der Waals surface area contributed by atoms with Crippen LogP contribution in [0.2, 0.25) is 0 Å². The van der Waals surface area contributed by atoms with Crippen LogP contribution >= 0.6 is 0 Å². The second kappa shape index (κ2) is 5.11. The van der Waals surface area contributed by atoms with Gasteiger partial charge in [-0.05, 0) is 47.4 Å². The molecule has 1 heterocycles. The summed E-state index contributed by atoms with van der Waals surface area (Å²) < 4.78 is 1.94. The van der Waals surface area contributed by atoms with Crippen LogP contribution in [0.1, 0.15) is 38.6 Å². The van der Waals surface area contributed by atoms with Gasteiger partial charge in [0, 0.05) is 16.9 Å². The van der Waals surface area contributed by atoms with Gasteiger partial charge in [0.1, 0.15) is 0 Å². The summed E-state index contributed by atoms with van der Waals surface area (Å²) in [4.78, 5) is 0. The molecule has 1 aliphatic rings. The van der Waals surface area contributed by atoms with Crippen molar-refractivity contribution in [1.82, 2.24) is 20.2 Å². The van der Waals surface area contributed by atoms with Crippen molar-refractivity contribution in [3.63, 3.8) is 0 Å². The fourth-order valence-corrected chi connectivity index (χ4v) is 3.04. The minimum atomic E-state index is 0.353. The third-order valence-corrected chi connectivity index (χ3v) is 4.19. The number of hydrogen-bond acceptors (Lipinski definition) is 5. The number of hydrogen-bond donors (Lipinski definition) is 2. The van der Waals surface area contributed by atoms with Gasteiger partial charge in [-0.2, -0.15) is 0 Å². The number of nitrogen functional groups attached to an aromatic ring is 2. The van der Waals surface area contributed by atoms with Crippen molar-refractivity contribution in [3.8, 4) is 11.4 Å². The normalized spacial score (nSPS) is 22.9. The lowest BCUT2D eigenvalue weighted by molar-refractivity contribution is 0.239. The Morgan fingerprint density at radius 3 is 2.75 bits per heavy atom. The van der Waals surface area contributed by atoms with Gasteiger partial charge in [0.15, 0.2) is 5.82 Å². The summed E-state index contributed by atoms with van der Waals surface area (Å²) in [5.74, 6) is 1.32. The maximum absolute atomic E-state index is 6.06. The molecule has 0 amide bonds. The molecule has 1 aromatic carbocycles. The van der Waals surface area contributed by atoms with E-state index >= 15 is 0 Å². The molecule has 6 nitrogen and oxygen atoms in total. The van der Waals surface area contributed by atoms with Crippen LogP contribution in [0, 0.1) is 5.92 Å². The molecule has 0 radical (unpaired) electrons. The number of aromatic nitrogens is 4. The van der Waals surface area contributed by atoms with Gasteiger partial charge in [-0.25, -0.2) is 4.68 Å². The van der Waals surface area contributed by atoms with Gasteiger partial charge < -0.3 is 11.5 Å². The average molecular weight is 272 g/mol. The zero-order valence-electron chi connectivity index (χ0n) is 11.7. The molecule has 2 atom stereocenters. The molecule has 6 heteroatoms. The van der Waals surface area contributed by atoms with E-state index in [0.717, 1.165) is 17.8 Å². The smallest absolute Gasteiger partial charge is 0.184 e. The van der Waals surface area contributed by atoms with Crippen LogP contribution < -0.4 is 11.5 Å². The van der Waals surface area contributed by atoms with Crippen molar-refractivity contribution in [2.45, 2.75) is 38.6 Å².